The summed E-state index contributed by atoms with van der Waals surface area (Å²) >= 11 is 0. The van der Waals surface area contributed by atoms with Crippen LogP contribution in [0.15, 0.2) is 18.3 Å². The average molecular weight is 285 g/mol. The van der Waals surface area contributed by atoms with E-state index < -0.39 is 11.7 Å². The van der Waals surface area contributed by atoms with Crippen molar-refractivity contribution in [3.05, 3.63) is 23.9 Å². The van der Waals surface area contributed by atoms with Crippen molar-refractivity contribution in [2.45, 2.75) is 43.9 Å². The highest BCUT2D eigenvalue weighted by Gasteiger charge is 2.36. The number of nitrogens with zero attached hydrogens (tertiary/aromatic N) is 2. The van der Waals surface area contributed by atoms with Crippen molar-refractivity contribution in [1.29, 1.82) is 0 Å². The van der Waals surface area contributed by atoms with Crippen LogP contribution in [0, 0.1) is 0 Å². The molecule has 20 heavy (non-hydrogen) atoms. The molecular weight excluding hydrogens is 267 g/mol. The third-order valence-corrected chi connectivity index (χ3v) is 4.23. The first-order valence-corrected chi connectivity index (χ1v) is 7.09. The lowest BCUT2D eigenvalue weighted by Crippen LogP contribution is -2.44. The fraction of sp³-hybridized carbons (Fsp3) is 0.643. The Morgan fingerprint density at radius 2 is 2.10 bits per heavy atom. The van der Waals surface area contributed by atoms with Crippen molar-refractivity contribution in [3.8, 4) is 0 Å². The SMILES string of the molecule is FC(F)(F)c1ccnc(N2CCCC2C2CCCN2)c1. The lowest BCUT2D eigenvalue weighted by Gasteiger charge is -2.30. The van der Waals surface area contributed by atoms with Gasteiger partial charge >= 0.3 is 6.18 Å². The summed E-state index contributed by atoms with van der Waals surface area (Å²) < 4.78 is 38.4. The second-order valence-corrected chi connectivity index (χ2v) is 5.51. The minimum atomic E-state index is -4.31. The first-order valence-electron chi connectivity index (χ1n) is 7.09. The number of hydrogen-bond acceptors (Lipinski definition) is 3. The monoisotopic (exact) mass is 285 g/mol. The predicted molar refractivity (Wildman–Crippen MR) is 70.6 cm³/mol. The molecule has 0 amide bonds. The van der Waals surface area contributed by atoms with Gasteiger partial charge < -0.3 is 10.2 Å². The van der Waals surface area contributed by atoms with E-state index in [1.165, 1.54) is 12.3 Å². The van der Waals surface area contributed by atoms with Gasteiger partial charge in [-0.25, -0.2) is 4.98 Å². The van der Waals surface area contributed by atoms with Gasteiger partial charge in [0.05, 0.1) is 5.56 Å². The first kappa shape index (κ1) is 13.7. The molecule has 2 unspecified atom stereocenters. The lowest BCUT2D eigenvalue weighted by molar-refractivity contribution is -0.137. The number of anilines is 1. The van der Waals surface area contributed by atoms with E-state index in [-0.39, 0.29) is 6.04 Å². The molecule has 0 spiro atoms. The van der Waals surface area contributed by atoms with Gasteiger partial charge in [0.15, 0.2) is 0 Å². The van der Waals surface area contributed by atoms with E-state index in [0.717, 1.165) is 44.8 Å². The van der Waals surface area contributed by atoms with Crippen LogP contribution in [0.4, 0.5) is 19.0 Å². The van der Waals surface area contributed by atoms with Gasteiger partial charge in [-0.2, -0.15) is 13.2 Å². The van der Waals surface area contributed by atoms with Gasteiger partial charge in [0, 0.05) is 24.8 Å². The largest absolute Gasteiger partial charge is 0.416 e. The Morgan fingerprint density at radius 1 is 1.25 bits per heavy atom. The van der Waals surface area contributed by atoms with Crippen LogP contribution in [0.3, 0.4) is 0 Å². The molecule has 3 heterocycles. The summed E-state index contributed by atoms with van der Waals surface area (Å²) in [6.07, 6.45) is 1.23. The van der Waals surface area contributed by atoms with Gasteiger partial charge in [0.1, 0.15) is 5.82 Å². The molecule has 2 fully saturated rings. The van der Waals surface area contributed by atoms with Crippen LogP contribution < -0.4 is 10.2 Å². The quantitative estimate of drug-likeness (QED) is 0.905. The van der Waals surface area contributed by atoms with E-state index in [1.807, 2.05) is 4.90 Å². The maximum atomic E-state index is 12.8. The molecule has 0 bridgehead atoms. The molecule has 1 aromatic heterocycles. The summed E-state index contributed by atoms with van der Waals surface area (Å²) in [6.45, 7) is 1.79. The van der Waals surface area contributed by atoms with Crippen molar-refractivity contribution >= 4 is 5.82 Å². The third kappa shape index (κ3) is 2.61. The Balaban J connectivity index is 1.84. The number of alkyl halides is 3. The Hall–Kier alpha value is -1.30. The summed E-state index contributed by atoms with van der Waals surface area (Å²) in [6, 6.07) is 2.86. The van der Waals surface area contributed by atoms with Crippen molar-refractivity contribution in [1.82, 2.24) is 10.3 Å². The minimum Gasteiger partial charge on any atom is -0.352 e. The molecule has 0 aliphatic carbocycles. The van der Waals surface area contributed by atoms with Gasteiger partial charge in [-0.05, 0) is 44.4 Å². The summed E-state index contributed by atoms with van der Waals surface area (Å²) in [5, 5.41) is 3.45. The Morgan fingerprint density at radius 3 is 2.80 bits per heavy atom. The number of rotatable bonds is 2. The van der Waals surface area contributed by atoms with Crippen molar-refractivity contribution in [2.24, 2.45) is 0 Å². The van der Waals surface area contributed by atoms with Crippen molar-refractivity contribution in [2.75, 3.05) is 18.0 Å². The third-order valence-electron chi connectivity index (χ3n) is 4.23. The number of halogens is 3. The molecule has 1 N–H and O–H groups in total. The van der Waals surface area contributed by atoms with E-state index in [2.05, 4.69) is 10.3 Å². The zero-order chi connectivity index (χ0) is 14.2. The number of nitrogens with one attached hydrogen (secondary N) is 1. The molecule has 2 saturated heterocycles. The van der Waals surface area contributed by atoms with Crippen LogP contribution in [-0.4, -0.2) is 30.2 Å². The molecule has 6 heteroatoms. The number of pyridine rings is 1. The van der Waals surface area contributed by atoms with Gasteiger partial charge in [-0.1, -0.05) is 0 Å². The number of aromatic nitrogens is 1. The molecule has 0 radical (unpaired) electrons. The zero-order valence-electron chi connectivity index (χ0n) is 11.2. The lowest BCUT2D eigenvalue weighted by atomic mass is 10.0. The molecule has 2 atom stereocenters. The highest BCUT2D eigenvalue weighted by molar-refractivity contribution is 5.44. The zero-order valence-corrected chi connectivity index (χ0v) is 11.2. The Labute approximate surface area is 116 Å². The standard InChI is InChI=1S/C14H18F3N3/c15-14(16,17)10-5-7-19-13(9-10)20-8-2-4-12(20)11-3-1-6-18-11/h5,7,9,11-12,18H,1-4,6,8H2. The summed E-state index contributed by atoms with van der Waals surface area (Å²) in [5.74, 6) is 0.455. The van der Waals surface area contributed by atoms with Crippen molar-refractivity contribution < 1.29 is 13.2 Å². The maximum Gasteiger partial charge on any atom is 0.416 e. The topological polar surface area (TPSA) is 28.2 Å². The molecule has 0 aromatic carbocycles. The van der Waals surface area contributed by atoms with Gasteiger partial charge in [-0.15, -0.1) is 0 Å². The smallest absolute Gasteiger partial charge is 0.352 e. The molecule has 3 nitrogen and oxygen atoms in total. The highest BCUT2D eigenvalue weighted by Crippen LogP contribution is 2.33. The van der Waals surface area contributed by atoms with E-state index in [9.17, 15) is 13.2 Å². The molecule has 2 aliphatic heterocycles. The molecule has 3 rings (SSSR count). The fourth-order valence-electron chi connectivity index (χ4n) is 3.29. The van der Waals surface area contributed by atoms with Crippen LogP contribution >= 0.6 is 0 Å². The van der Waals surface area contributed by atoms with Crippen molar-refractivity contribution in [3.63, 3.8) is 0 Å². The van der Waals surface area contributed by atoms with Crippen LogP contribution in [0.2, 0.25) is 0 Å². The molecule has 110 valence electrons. The summed E-state index contributed by atoms with van der Waals surface area (Å²) in [4.78, 5) is 6.19. The van der Waals surface area contributed by atoms with E-state index >= 15 is 0 Å². The summed E-state index contributed by atoms with van der Waals surface area (Å²) in [5.41, 5.74) is -0.618. The molecule has 1 aromatic rings. The van der Waals surface area contributed by atoms with E-state index in [0.29, 0.717) is 11.9 Å². The molecular formula is C14H18F3N3. The Kier molecular flexibility index (Phi) is 3.58. The van der Waals surface area contributed by atoms with Gasteiger partial charge in [0.25, 0.3) is 0 Å². The molecule has 0 saturated carbocycles. The Bertz CT molecular complexity index is 469. The fourth-order valence-corrected chi connectivity index (χ4v) is 3.29. The normalized spacial score (nSPS) is 27.2. The van der Waals surface area contributed by atoms with Gasteiger partial charge in [-0.3, -0.25) is 0 Å². The van der Waals surface area contributed by atoms with Crippen LogP contribution in [0.25, 0.3) is 0 Å². The maximum absolute atomic E-state index is 12.8. The van der Waals surface area contributed by atoms with Crippen LogP contribution in [0.1, 0.15) is 31.2 Å². The summed E-state index contributed by atoms with van der Waals surface area (Å²) in [7, 11) is 0. The minimum absolute atomic E-state index is 0.272. The van der Waals surface area contributed by atoms with Crippen LogP contribution in [0.5, 0.6) is 0 Å². The van der Waals surface area contributed by atoms with E-state index in [1.54, 1.807) is 0 Å². The predicted octanol–water partition coefficient (Wildman–Crippen LogP) is 2.82. The van der Waals surface area contributed by atoms with E-state index in [4.69, 9.17) is 0 Å². The number of hydrogen-bond donors (Lipinski definition) is 1. The first-order chi connectivity index (χ1) is 9.55. The van der Waals surface area contributed by atoms with Crippen LogP contribution in [-0.2, 0) is 6.18 Å². The highest BCUT2D eigenvalue weighted by atomic mass is 19.4. The molecule has 2 aliphatic rings. The van der Waals surface area contributed by atoms with Gasteiger partial charge in [0.2, 0.25) is 0 Å². The average Bonchev–Trinajstić information content (AvgIpc) is 3.08. The second kappa shape index (κ2) is 5.24. The second-order valence-electron chi connectivity index (χ2n) is 5.51.